The lowest BCUT2D eigenvalue weighted by Gasteiger charge is -2.17. The van der Waals surface area contributed by atoms with Crippen molar-refractivity contribution in [3.63, 3.8) is 0 Å². The van der Waals surface area contributed by atoms with Crippen LogP contribution in [-0.2, 0) is 19.4 Å². The molecule has 0 amide bonds. The lowest BCUT2D eigenvalue weighted by molar-refractivity contribution is -0.141. The van der Waals surface area contributed by atoms with Crippen molar-refractivity contribution in [3.05, 3.63) is 82.7 Å². The first-order chi connectivity index (χ1) is 18.6. The number of H-pyrrole nitrogens is 1. The van der Waals surface area contributed by atoms with Crippen LogP contribution in [0.5, 0.6) is 0 Å². The van der Waals surface area contributed by atoms with Crippen molar-refractivity contribution >= 4 is 23.1 Å². The average molecular weight is 534 g/mol. The fourth-order valence-electron chi connectivity index (χ4n) is 4.73. The van der Waals surface area contributed by atoms with Crippen LogP contribution in [0.2, 0.25) is 0 Å². The number of carbonyl (C=O) groups excluding carboxylic acids is 4. The minimum Gasteiger partial charge on any atom is -0.339 e. The van der Waals surface area contributed by atoms with Crippen molar-refractivity contribution in [2.24, 2.45) is 0 Å². The Morgan fingerprint density at radius 3 is 1.79 bits per heavy atom. The molecule has 4 aromatic rings. The summed E-state index contributed by atoms with van der Waals surface area (Å²) in [6, 6.07) is 13.4. The quantitative estimate of drug-likeness (QED) is 0.367. The van der Waals surface area contributed by atoms with Crippen LogP contribution in [0.15, 0.2) is 48.5 Å². The van der Waals surface area contributed by atoms with E-state index >= 15 is 0 Å². The van der Waals surface area contributed by atoms with Crippen molar-refractivity contribution in [3.8, 4) is 22.5 Å². The molecule has 0 aliphatic heterocycles. The van der Waals surface area contributed by atoms with E-state index < -0.39 is 35.9 Å². The Hall–Kier alpha value is -4.67. The number of fused-ring (bicyclic) bond motifs is 6. The molecular weight excluding hydrogens is 513 g/mol. The molecule has 0 radical (unpaired) electrons. The SMILES string of the molecule is CCc1nc2c([nH]1)C(=O)C(=O)c1ccccc1-2.CCc1nc2c(n1CC(F)(F)F)C(=O)C(=O)c1ccccc1-2. The topological polar surface area (TPSA) is 115 Å². The van der Waals surface area contributed by atoms with Crippen LogP contribution in [0.4, 0.5) is 13.2 Å². The average Bonchev–Trinajstić information content (AvgIpc) is 3.52. The Morgan fingerprint density at radius 1 is 0.718 bits per heavy atom. The van der Waals surface area contributed by atoms with Crippen molar-refractivity contribution in [2.75, 3.05) is 0 Å². The number of alkyl halides is 3. The van der Waals surface area contributed by atoms with Gasteiger partial charge >= 0.3 is 6.18 Å². The van der Waals surface area contributed by atoms with Crippen LogP contribution >= 0.6 is 0 Å². The van der Waals surface area contributed by atoms with Crippen molar-refractivity contribution in [2.45, 2.75) is 39.4 Å². The number of aryl methyl sites for hydroxylation is 2. The number of nitrogens with one attached hydrogen (secondary N) is 1. The normalized spacial score (nSPS) is 13.8. The molecule has 2 aromatic carbocycles. The molecule has 2 heterocycles. The predicted molar refractivity (Wildman–Crippen MR) is 134 cm³/mol. The van der Waals surface area contributed by atoms with E-state index in [-0.39, 0.29) is 29.2 Å². The van der Waals surface area contributed by atoms with Gasteiger partial charge in [-0.2, -0.15) is 13.2 Å². The Kier molecular flexibility index (Phi) is 6.37. The number of ketones is 4. The number of hydrogen-bond acceptors (Lipinski definition) is 6. The molecule has 2 aromatic heterocycles. The second kappa shape index (κ2) is 9.57. The van der Waals surface area contributed by atoms with E-state index in [1.165, 1.54) is 6.07 Å². The summed E-state index contributed by atoms with van der Waals surface area (Å²) in [6.07, 6.45) is -3.57. The van der Waals surface area contributed by atoms with E-state index in [0.29, 0.717) is 28.9 Å². The summed E-state index contributed by atoms with van der Waals surface area (Å²) in [7, 11) is 0. The monoisotopic (exact) mass is 534 g/mol. The summed E-state index contributed by atoms with van der Waals surface area (Å²) < 4.78 is 39.2. The highest BCUT2D eigenvalue weighted by Gasteiger charge is 2.39. The summed E-state index contributed by atoms with van der Waals surface area (Å²) >= 11 is 0. The standard InChI is InChI=1S/C15H11F3N2O2.C13H10N2O2/c1-2-10-19-11-8-5-3-4-6-9(8)13(21)14(22)12(11)20(10)7-15(16,17)18;1-2-9-14-10-7-5-3-4-6-8(7)12(16)13(17)11(10)15-9/h3-6H,2,7H2,1H3;3-6H,2H2,1H3,(H,14,15). The molecule has 0 bridgehead atoms. The predicted octanol–water partition coefficient (Wildman–Crippen LogP) is 5.07. The highest BCUT2D eigenvalue weighted by molar-refractivity contribution is 6.53. The third-order valence-electron chi connectivity index (χ3n) is 6.50. The van der Waals surface area contributed by atoms with Gasteiger partial charge in [0, 0.05) is 35.1 Å². The summed E-state index contributed by atoms with van der Waals surface area (Å²) in [5.74, 6) is -1.82. The molecule has 6 rings (SSSR count). The van der Waals surface area contributed by atoms with E-state index in [0.717, 1.165) is 16.0 Å². The summed E-state index contributed by atoms with van der Waals surface area (Å²) in [5, 5.41) is 0. The summed E-state index contributed by atoms with van der Waals surface area (Å²) in [4.78, 5) is 59.6. The van der Waals surface area contributed by atoms with Gasteiger partial charge in [0.15, 0.2) is 0 Å². The second-order valence-electron chi connectivity index (χ2n) is 8.95. The van der Waals surface area contributed by atoms with Gasteiger partial charge in [0.1, 0.15) is 41.0 Å². The molecule has 39 heavy (non-hydrogen) atoms. The van der Waals surface area contributed by atoms with E-state index in [1.807, 2.05) is 19.1 Å². The first-order valence-electron chi connectivity index (χ1n) is 12.2. The molecule has 198 valence electrons. The minimum atomic E-state index is -4.50. The number of nitrogens with zero attached hydrogens (tertiary/aromatic N) is 3. The van der Waals surface area contributed by atoms with Gasteiger partial charge in [0.05, 0.1) is 0 Å². The third-order valence-corrected chi connectivity index (χ3v) is 6.50. The van der Waals surface area contributed by atoms with Crippen LogP contribution in [0, 0.1) is 0 Å². The number of aromatic nitrogens is 4. The molecule has 0 saturated carbocycles. The Labute approximate surface area is 219 Å². The number of halogens is 3. The summed E-state index contributed by atoms with van der Waals surface area (Å²) in [5.41, 5.74) is 2.58. The third kappa shape index (κ3) is 4.39. The first kappa shape index (κ1) is 26.0. The maximum atomic E-state index is 12.8. The molecule has 0 atom stereocenters. The maximum absolute atomic E-state index is 12.8. The van der Waals surface area contributed by atoms with Gasteiger partial charge in [0.2, 0.25) is 11.6 Å². The summed E-state index contributed by atoms with van der Waals surface area (Å²) in [6.45, 7) is 2.26. The first-order valence-corrected chi connectivity index (χ1v) is 12.2. The number of imidazole rings is 2. The zero-order valence-corrected chi connectivity index (χ0v) is 20.8. The van der Waals surface area contributed by atoms with Crippen LogP contribution in [0.3, 0.4) is 0 Å². The van der Waals surface area contributed by atoms with E-state index in [1.54, 1.807) is 37.3 Å². The number of rotatable bonds is 3. The molecule has 0 saturated heterocycles. The number of Topliss-reactive ketones (excluding diaryl/α,β-unsaturated/α-hetero) is 4. The molecule has 0 spiro atoms. The van der Waals surface area contributed by atoms with Gasteiger partial charge in [-0.05, 0) is 0 Å². The Morgan fingerprint density at radius 2 is 1.26 bits per heavy atom. The van der Waals surface area contributed by atoms with Crippen LogP contribution < -0.4 is 0 Å². The molecule has 11 heteroatoms. The maximum Gasteiger partial charge on any atom is 0.406 e. The minimum absolute atomic E-state index is 0.139. The number of benzene rings is 2. The van der Waals surface area contributed by atoms with Crippen molar-refractivity contribution in [1.82, 2.24) is 19.5 Å². The molecule has 2 aliphatic carbocycles. The van der Waals surface area contributed by atoms with Crippen LogP contribution in [-0.4, -0.2) is 48.8 Å². The van der Waals surface area contributed by atoms with Crippen molar-refractivity contribution in [1.29, 1.82) is 0 Å². The lowest BCUT2D eigenvalue weighted by Crippen LogP contribution is -2.28. The highest BCUT2D eigenvalue weighted by atomic mass is 19.4. The van der Waals surface area contributed by atoms with Gasteiger partial charge in [-0.15, -0.1) is 0 Å². The van der Waals surface area contributed by atoms with Gasteiger partial charge < -0.3 is 9.55 Å². The zero-order chi connectivity index (χ0) is 28.1. The van der Waals surface area contributed by atoms with Gasteiger partial charge in [-0.3, -0.25) is 19.2 Å². The molecular formula is C28H21F3N4O4. The van der Waals surface area contributed by atoms with Crippen LogP contribution in [0.1, 0.15) is 67.2 Å². The zero-order valence-electron chi connectivity index (χ0n) is 20.8. The van der Waals surface area contributed by atoms with E-state index in [9.17, 15) is 32.3 Å². The fourth-order valence-corrected chi connectivity index (χ4v) is 4.73. The highest BCUT2D eigenvalue weighted by Crippen LogP contribution is 2.35. The van der Waals surface area contributed by atoms with E-state index in [2.05, 4.69) is 15.0 Å². The number of hydrogen-bond donors (Lipinski definition) is 1. The van der Waals surface area contributed by atoms with Gasteiger partial charge in [-0.25, -0.2) is 9.97 Å². The second-order valence-corrected chi connectivity index (χ2v) is 8.95. The van der Waals surface area contributed by atoms with Gasteiger partial charge in [0.25, 0.3) is 11.6 Å². The number of aromatic amines is 1. The van der Waals surface area contributed by atoms with E-state index in [4.69, 9.17) is 0 Å². The molecule has 0 unspecified atom stereocenters. The molecule has 8 nitrogen and oxygen atoms in total. The smallest absolute Gasteiger partial charge is 0.339 e. The fraction of sp³-hybridized carbons (Fsp3) is 0.214. The largest absolute Gasteiger partial charge is 0.406 e. The van der Waals surface area contributed by atoms with Crippen LogP contribution in [0.25, 0.3) is 22.5 Å². The molecule has 0 fully saturated rings. The Bertz CT molecular complexity index is 1680. The van der Waals surface area contributed by atoms with Gasteiger partial charge in [-0.1, -0.05) is 62.4 Å². The number of carbonyl (C=O) groups is 4. The molecule has 1 N–H and O–H groups in total. The lowest BCUT2D eigenvalue weighted by atomic mass is 9.90. The van der Waals surface area contributed by atoms with Crippen molar-refractivity contribution < 1.29 is 32.3 Å². The molecule has 2 aliphatic rings. The Balaban J connectivity index is 0.000000163.